The van der Waals surface area contributed by atoms with Crippen molar-refractivity contribution in [2.75, 3.05) is 19.7 Å². The van der Waals surface area contributed by atoms with Crippen molar-refractivity contribution >= 4 is 11.0 Å². The van der Waals surface area contributed by atoms with Crippen LogP contribution in [-0.4, -0.2) is 39.2 Å². The molecule has 0 radical (unpaired) electrons. The fourth-order valence-corrected chi connectivity index (χ4v) is 3.55. The highest BCUT2D eigenvalue weighted by Gasteiger charge is 2.36. The van der Waals surface area contributed by atoms with E-state index in [4.69, 9.17) is 4.74 Å². The van der Waals surface area contributed by atoms with Crippen molar-refractivity contribution < 1.29 is 17.9 Å². The summed E-state index contributed by atoms with van der Waals surface area (Å²) in [5.74, 6) is -0.374. The van der Waals surface area contributed by atoms with Crippen LogP contribution < -0.4 is 10.1 Å². The number of hydrogen-bond acceptors (Lipinski definition) is 6. The van der Waals surface area contributed by atoms with Crippen LogP contribution in [0.25, 0.3) is 22.3 Å². The number of aryl methyl sites for hydroxylation is 1. The number of halogens is 3. The number of aromatic nitrogens is 4. The minimum Gasteiger partial charge on any atom is -0.477 e. The van der Waals surface area contributed by atoms with Crippen LogP contribution in [0.15, 0.2) is 24.5 Å². The molecule has 4 heterocycles. The Bertz CT molecular complexity index is 1110. The van der Waals surface area contributed by atoms with E-state index in [1.807, 2.05) is 6.07 Å². The summed E-state index contributed by atoms with van der Waals surface area (Å²) in [6, 6.07) is 4.52. The van der Waals surface area contributed by atoms with Crippen molar-refractivity contribution in [2.45, 2.75) is 19.0 Å². The zero-order valence-electron chi connectivity index (χ0n) is 16.2. The normalized spacial score (nSPS) is 15.3. The Morgan fingerprint density at radius 1 is 1.30 bits per heavy atom. The summed E-state index contributed by atoms with van der Waals surface area (Å²) in [4.78, 5) is 12.2. The summed E-state index contributed by atoms with van der Waals surface area (Å²) >= 11 is 0. The summed E-state index contributed by atoms with van der Waals surface area (Å²) in [5, 5.41) is 13.0. The first-order valence-corrected chi connectivity index (χ1v) is 9.51. The van der Waals surface area contributed by atoms with Gasteiger partial charge in [-0.25, -0.2) is 15.0 Å². The van der Waals surface area contributed by atoms with Crippen LogP contribution in [0, 0.1) is 17.2 Å². The Hall–Kier alpha value is -3.19. The predicted octanol–water partition coefficient (Wildman–Crippen LogP) is 3.30. The molecule has 1 aliphatic heterocycles. The quantitative estimate of drug-likeness (QED) is 0.702. The van der Waals surface area contributed by atoms with Crippen LogP contribution in [0.4, 0.5) is 13.2 Å². The topological polar surface area (TPSA) is 88.6 Å². The standard InChI is InChI=1S/C20H19F3N6O/c1-29-7-4-14-17(27-16(9-24)28-18(14)29)13-8-15(20(21,22)23)19(26-10-13)30-11-12-2-5-25-6-3-12/h4,7-8,10,12,25H,2-3,5-6,11H2,1H3. The largest absolute Gasteiger partial charge is 0.477 e. The maximum absolute atomic E-state index is 13.8. The van der Waals surface area contributed by atoms with Crippen molar-refractivity contribution in [1.82, 2.24) is 24.8 Å². The van der Waals surface area contributed by atoms with Gasteiger partial charge in [0.1, 0.15) is 17.3 Å². The first-order valence-electron chi connectivity index (χ1n) is 9.51. The summed E-state index contributed by atoms with van der Waals surface area (Å²) in [7, 11) is 1.73. The molecule has 0 amide bonds. The molecule has 156 valence electrons. The van der Waals surface area contributed by atoms with Crippen molar-refractivity contribution in [2.24, 2.45) is 13.0 Å². The van der Waals surface area contributed by atoms with E-state index in [-0.39, 0.29) is 29.6 Å². The maximum Gasteiger partial charge on any atom is 0.421 e. The highest BCUT2D eigenvalue weighted by atomic mass is 19.4. The maximum atomic E-state index is 13.8. The van der Waals surface area contributed by atoms with Crippen molar-refractivity contribution in [3.8, 4) is 23.2 Å². The van der Waals surface area contributed by atoms with Crippen LogP contribution in [-0.2, 0) is 13.2 Å². The molecule has 1 aliphatic rings. The van der Waals surface area contributed by atoms with Gasteiger partial charge in [0.15, 0.2) is 0 Å². The van der Waals surface area contributed by atoms with Crippen molar-refractivity contribution in [3.05, 3.63) is 35.9 Å². The van der Waals surface area contributed by atoms with Gasteiger partial charge in [0.05, 0.1) is 12.3 Å². The van der Waals surface area contributed by atoms with Gasteiger partial charge in [0.25, 0.3) is 0 Å². The van der Waals surface area contributed by atoms with Crippen LogP contribution in [0.2, 0.25) is 0 Å². The number of piperidine rings is 1. The molecule has 0 aromatic carbocycles. The van der Waals surface area contributed by atoms with Gasteiger partial charge < -0.3 is 14.6 Å². The monoisotopic (exact) mass is 416 g/mol. The molecule has 3 aromatic heterocycles. The molecular formula is C20H19F3N6O. The van der Waals surface area contributed by atoms with Crippen molar-refractivity contribution in [1.29, 1.82) is 5.26 Å². The van der Waals surface area contributed by atoms with Gasteiger partial charge in [-0.15, -0.1) is 0 Å². The number of ether oxygens (including phenoxy) is 1. The van der Waals surface area contributed by atoms with E-state index in [0.29, 0.717) is 11.0 Å². The van der Waals surface area contributed by atoms with E-state index < -0.39 is 17.6 Å². The lowest BCUT2D eigenvalue weighted by Crippen LogP contribution is -2.30. The zero-order chi connectivity index (χ0) is 21.3. The molecule has 1 saturated heterocycles. The Morgan fingerprint density at radius 2 is 2.07 bits per heavy atom. The van der Waals surface area contributed by atoms with E-state index in [1.165, 1.54) is 6.20 Å². The van der Waals surface area contributed by atoms with Crippen LogP contribution in [0.5, 0.6) is 5.88 Å². The molecule has 3 aromatic rings. The number of rotatable bonds is 4. The molecule has 0 unspecified atom stereocenters. The number of pyridine rings is 1. The lowest BCUT2D eigenvalue weighted by Gasteiger charge is -2.23. The fourth-order valence-electron chi connectivity index (χ4n) is 3.55. The predicted molar refractivity (Wildman–Crippen MR) is 103 cm³/mol. The Labute approximate surface area is 170 Å². The molecule has 0 saturated carbocycles. The number of hydrogen-bond donors (Lipinski definition) is 1. The van der Waals surface area contributed by atoms with E-state index in [9.17, 15) is 18.4 Å². The van der Waals surface area contributed by atoms with E-state index in [2.05, 4.69) is 20.3 Å². The molecular weight excluding hydrogens is 397 g/mol. The molecule has 0 spiro atoms. The number of nitrogens with zero attached hydrogens (tertiary/aromatic N) is 5. The van der Waals surface area contributed by atoms with Gasteiger partial charge in [0, 0.05) is 30.4 Å². The molecule has 10 heteroatoms. The number of fused-ring (bicyclic) bond motifs is 1. The average Bonchev–Trinajstić information content (AvgIpc) is 3.12. The van der Waals surface area contributed by atoms with Gasteiger partial charge in [0.2, 0.25) is 11.7 Å². The van der Waals surface area contributed by atoms with E-state index >= 15 is 0 Å². The second-order valence-electron chi connectivity index (χ2n) is 7.25. The summed E-state index contributed by atoms with van der Waals surface area (Å²) < 4.78 is 48.4. The molecule has 7 nitrogen and oxygen atoms in total. The van der Waals surface area contributed by atoms with Crippen LogP contribution in [0.3, 0.4) is 0 Å². The highest BCUT2D eigenvalue weighted by molar-refractivity contribution is 5.91. The van der Waals surface area contributed by atoms with Gasteiger partial charge in [-0.05, 0) is 44.0 Å². The first kappa shape index (κ1) is 20.1. The Kier molecular flexibility index (Phi) is 5.30. The Morgan fingerprint density at radius 3 is 2.77 bits per heavy atom. The van der Waals surface area contributed by atoms with E-state index in [1.54, 1.807) is 23.9 Å². The SMILES string of the molecule is Cn1ccc2c(-c3cnc(OCC4CCNCC4)c(C(F)(F)F)c3)nc(C#N)nc21. The summed E-state index contributed by atoms with van der Waals surface area (Å²) in [5.41, 5.74) is -0.141. The fraction of sp³-hybridized carbons (Fsp3) is 0.400. The van der Waals surface area contributed by atoms with Gasteiger partial charge in [-0.3, -0.25) is 0 Å². The Balaban J connectivity index is 1.74. The highest BCUT2D eigenvalue weighted by Crippen LogP contribution is 2.38. The smallest absolute Gasteiger partial charge is 0.421 e. The number of alkyl halides is 3. The molecule has 0 atom stereocenters. The van der Waals surface area contributed by atoms with Crippen molar-refractivity contribution in [3.63, 3.8) is 0 Å². The molecule has 1 fully saturated rings. The molecule has 0 aliphatic carbocycles. The zero-order valence-corrected chi connectivity index (χ0v) is 16.2. The minimum absolute atomic E-state index is 0.126. The molecule has 4 rings (SSSR count). The first-order chi connectivity index (χ1) is 14.4. The molecule has 1 N–H and O–H groups in total. The third-order valence-corrected chi connectivity index (χ3v) is 5.17. The van der Waals surface area contributed by atoms with Gasteiger partial charge in [-0.2, -0.15) is 18.4 Å². The summed E-state index contributed by atoms with van der Waals surface area (Å²) in [6.45, 7) is 1.84. The van der Waals surface area contributed by atoms with Crippen LogP contribution >= 0.6 is 0 Å². The molecule has 0 bridgehead atoms. The minimum atomic E-state index is -4.65. The third kappa shape index (κ3) is 3.93. The number of nitrogens with one attached hydrogen (secondary N) is 1. The second kappa shape index (κ2) is 7.91. The lowest BCUT2D eigenvalue weighted by atomic mass is 9.99. The number of nitriles is 1. The molecule has 30 heavy (non-hydrogen) atoms. The average molecular weight is 416 g/mol. The lowest BCUT2D eigenvalue weighted by molar-refractivity contribution is -0.139. The van der Waals surface area contributed by atoms with Gasteiger partial charge >= 0.3 is 6.18 Å². The van der Waals surface area contributed by atoms with Crippen LogP contribution in [0.1, 0.15) is 24.2 Å². The van der Waals surface area contributed by atoms with Gasteiger partial charge in [-0.1, -0.05) is 0 Å². The third-order valence-electron chi connectivity index (χ3n) is 5.17. The second-order valence-corrected chi connectivity index (χ2v) is 7.25. The summed E-state index contributed by atoms with van der Waals surface area (Å²) in [6.07, 6.45) is 0.0570. The van der Waals surface area contributed by atoms with E-state index in [0.717, 1.165) is 32.0 Å².